The van der Waals surface area contributed by atoms with Crippen LogP contribution in [0.25, 0.3) is 0 Å². The van der Waals surface area contributed by atoms with Gasteiger partial charge in [0.15, 0.2) is 0 Å². The number of imide groups is 1. The van der Waals surface area contributed by atoms with Crippen molar-refractivity contribution in [2.24, 2.45) is 5.92 Å². The molecule has 138 valence electrons. The van der Waals surface area contributed by atoms with Crippen molar-refractivity contribution in [3.8, 4) is 0 Å². The van der Waals surface area contributed by atoms with Crippen LogP contribution in [0, 0.1) is 11.7 Å². The molecule has 0 radical (unpaired) electrons. The maximum absolute atomic E-state index is 13.1. The molecule has 1 unspecified atom stereocenters. The van der Waals surface area contributed by atoms with Crippen LogP contribution in [0.2, 0.25) is 0 Å². The molecule has 0 bridgehead atoms. The smallest absolute Gasteiger partial charge is 0.247 e. The molecule has 1 saturated carbocycles. The van der Waals surface area contributed by atoms with E-state index in [0.717, 1.165) is 28.3 Å². The molecule has 4 rings (SSSR count). The van der Waals surface area contributed by atoms with Crippen molar-refractivity contribution >= 4 is 40.9 Å². The van der Waals surface area contributed by atoms with Crippen molar-refractivity contribution in [2.45, 2.75) is 29.4 Å². The number of carbonyl (C=O) groups excluding carboxylic acids is 3. The van der Waals surface area contributed by atoms with Gasteiger partial charge in [-0.25, -0.2) is 9.29 Å². The second-order valence-corrected chi connectivity index (χ2v) is 7.92. The number of carbonyl (C=O) groups is 3. The van der Waals surface area contributed by atoms with Gasteiger partial charge in [0.05, 0.1) is 10.9 Å². The molecule has 1 saturated heterocycles. The lowest BCUT2D eigenvalue weighted by Gasteiger charge is -2.15. The Morgan fingerprint density at radius 1 is 1.04 bits per heavy atom. The first-order valence-corrected chi connectivity index (χ1v) is 9.59. The number of amides is 3. The summed E-state index contributed by atoms with van der Waals surface area (Å²) in [6, 6.07) is 12.5. The number of thioether (sulfide) groups is 1. The average molecular weight is 384 g/mol. The fourth-order valence-corrected chi connectivity index (χ4v) is 3.98. The summed E-state index contributed by atoms with van der Waals surface area (Å²) in [5.41, 5.74) is 1.10. The van der Waals surface area contributed by atoms with Crippen molar-refractivity contribution < 1.29 is 18.8 Å². The summed E-state index contributed by atoms with van der Waals surface area (Å²) in [7, 11) is 0. The molecule has 0 spiro atoms. The van der Waals surface area contributed by atoms with E-state index in [1.807, 2.05) is 12.1 Å². The lowest BCUT2D eigenvalue weighted by atomic mass is 10.3. The van der Waals surface area contributed by atoms with Gasteiger partial charge in [-0.2, -0.15) is 0 Å². The number of hydrogen-bond donors (Lipinski definition) is 1. The van der Waals surface area contributed by atoms with E-state index < -0.39 is 11.1 Å². The molecule has 7 heteroatoms. The molecule has 1 aliphatic heterocycles. The van der Waals surface area contributed by atoms with E-state index in [9.17, 15) is 18.8 Å². The van der Waals surface area contributed by atoms with Crippen LogP contribution < -0.4 is 10.2 Å². The van der Waals surface area contributed by atoms with Crippen LogP contribution >= 0.6 is 11.8 Å². The maximum Gasteiger partial charge on any atom is 0.247 e. The largest absolute Gasteiger partial charge is 0.326 e. The first kappa shape index (κ1) is 17.7. The molecular formula is C20H17FN2O3S. The Hall–Kier alpha value is -2.67. The van der Waals surface area contributed by atoms with Gasteiger partial charge in [0, 0.05) is 22.9 Å². The average Bonchev–Trinajstić information content (AvgIpc) is 3.46. The van der Waals surface area contributed by atoms with Gasteiger partial charge >= 0.3 is 0 Å². The van der Waals surface area contributed by atoms with Crippen LogP contribution in [0.4, 0.5) is 15.8 Å². The summed E-state index contributed by atoms with van der Waals surface area (Å²) in [5.74, 6) is -0.835. The van der Waals surface area contributed by atoms with Crippen molar-refractivity contribution in [1.82, 2.24) is 0 Å². The van der Waals surface area contributed by atoms with Crippen LogP contribution in [-0.2, 0) is 14.4 Å². The summed E-state index contributed by atoms with van der Waals surface area (Å²) < 4.78 is 13.1. The normalized spacial score (nSPS) is 19.4. The van der Waals surface area contributed by atoms with Gasteiger partial charge in [0.1, 0.15) is 5.82 Å². The third kappa shape index (κ3) is 3.88. The number of nitrogens with one attached hydrogen (secondary N) is 1. The molecule has 1 aliphatic carbocycles. The van der Waals surface area contributed by atoms with Crippen LogP contribution in [0.5, 0.6) is 0 Å². The number of anilines is 2. The second-order valence-electron chi connectivity index (χ2n) is 6.64. The SMILES string of the molecule is O=C(Nc1ccc(SC2CC(=O)N(c3ccc(F)cc3)C2=O)cc1)C1CC1. The van der Waals surface area contributed by atoms with Gasteiger partial charge in [-0.1, -0.05) is 0 Å². The molecule has 5 nitrogen and oxygen atoms in total. The van der Waals surface area contributed by atoms with Crippen molar-refractivity contribution in [1.29, 1.82) is 0 Å². The highest BCUT2D eigenvalue weighted by Crippen LogP contribution is 2.35. The Morgan fingerprint density at radius 3 is 2.33 bits per heavy atom. The number of hydrogen-bond acceptors (Lipinski definition) is 4. The molecular weight excluding hydrogens is 367 g/mol. The highest BCUT2D eigenvalue weighted by Gasteiger charge is 2.40. The molecule has 3 amide bonds. The first-order chi connectivity index (χ1) is 13.0. The quantitative estimate of drug-likeness (QED) is 0.800. The third-order valence-corrected chi connectivity index (χ3v) is 5.74. The first-order valence-electron chi connectivity index (χ1n) is 8.71. The molecule has 1 atom stereocenters. The number of nitrogens with zero attached hydrogens (tertiary/aromatic N) is 1. The van der Waals surface area contributed by atoms with E-state index in [2.05, 4.69) is 5.32 Å². The standard InChI is InChI=1S/C20H17FN2O3S/c21-13-3-7-15(8-4-13)23-18(24)11-17(20(23)26)27-16-9-5-14(6-10-16)22-19(25)12-1-2-12/h3-10,12,17H,1-2,11H2,(H,22,25). The number of halogens is 1. The molecule has 1 heterocycles. The zero-order chi connectivity index (χ0) is 19.0. The summed E-state index contributed by atoms with van der Waals surface area (Å²) in [6.45, 7) is 0. The van der Waals surface area contributed by atoms with Gasteiger partial charge in [0.2, 0.25) is 17.7 Å². The van der Waals surface area contributed by atoms with Crippen molar-refractivity contribution in [3.63, 3.8) is 0 Å². The molecule has 27 heavy (non-hydrogen) atoms. The van der Waals surface area contributed by atoms with Crippen LogP contribution in [0.15, 0.2) is 53.4 Å². The van der Waals surface area contributed by atoms with Crippen LogP contribution in [0.1, 0.15) is 19.3 Å². The Balaban J connectivity index is 1.42. The molecule has 2 fully saturated rings. The molecule has 1 N–H and O–H groups in total. The van der Waals surface area contributed by atoms with Crippen LogP contribution in [0.3, 0.4) is 0 Å². The Morgan fingerprint density at radius 2 is 1.70 bits per heavy atom. The maximum atomic E-state index is 13.1. The van der Waals surface area contributed by atoms with E-state index in [1.54, 1.807) is 12.1 Å². The minimum atomic E-state index is -0.519. The zero-order valence-electron chi connectivity index (χ0n) is 14.4. The molecule has 2 aromatic rings. The van der Waals surface area contributed by atoms with E-state index in [4.69, 9.17) is 0 Å². The van der Waals surface area contributed by atoms with Gasteiger partial charge in [-0.15, -0.1) is 11.8 Å². The molecule has 2 aromatic carbocycles. The van der Waals surface area contributed by atoms with Gasteiger partial charge in [-0.05, 0) is 61.4 Å². The Bertz CT molecular complexity index is 894. The van der Waals surface area contributed by atoms with E-state index in [-0.39, 0.29) is 30.1 Å². The van der Waals surface area contributed by atoms with Gasteiger partial charge < -0.3 is 5.32 Å². The highest BCUT2D eigenvalue weighted by molar-refractivity contribution is 8.00. The fourth-order valence-electron chi connectivity index (χ4n) is 2.93. The lowest BCUT2D eigenvalue weighted by molar-refractivity contribution is -0.121. The summed E-state index contributed by atoms with van der Waals surface area (Å²) in [5, 5.41) is 2.35. The summed E-state index contributed by atoms with van der Waals surface area (Å²) in [6.07, 6.45) is 1.99. The van der Waals surface area contributed by atoms with E-state index in [1.165, 1.54) is 36.0 Å². The molecule has 2 aliphatic rings. The number of benzene rings is 2. The van der Waals surface area contributed by atoms with Crippen molar-refractivity contribution in [2.75, 3.05) is 10.2 Å². The zero-order valence-corrected chi connectivity index (χ0v) is 15.2. The molecule has 0 aromatic heterocycles. The predicted molar refractivity (Wildman–Crippen MR) is 101 cm³/mol. The lowest BCUT2D eigenvalue weighted by Crippen LogP contribution is -2.31. The minimum Gasteiger partial charge on any atom is -0.326 e. The summed E-state index contributed by atoms with van der Waals surface area (Å²) in [4.78, 5) is 38.6. The highest BCUT2D eigenvalue weighted by atomic mass is 32.2. The topological polar surface area (TPSA) is 66.5 Å². The van der Waals surface area contributed by atoms with Gasteiger partial charge in [-0.3, -0.25) is 14.4 Å². The Labute approximate surface area is 159 Å². The number of rotatable bonds is 5. The Kier molecular flexibility index (Phi) is 4.70. The van der Waals surface area contributed by atoms with Crippen LogP contribution in [-0.4, -0.2) is 23.0 Å². The second kappa shape index (κ2) is 7.15. The monoisotopic (exact) mass is 384 g/mol. The van der Waals surface area contributed by atoms with Gasteiger partial charge in [0.25, 0.3) is 0 Å². The predicted octanol–water partition coefficient (Wildman–Crippen LogP) is 3.60. The van der Waals surface area contributed by atoms with E-state index >= 15 is 0 Å². The fraction of sp³-hybridized carbons (Fsp3) is 0.250. The van der Waals surface area contributed by atoms with Crippen molar-refractivity contribution in [3.05, 3.63) is 54.3 Å². The van der Waals surface area contributed by atoms with E-state index in [0.29, 0.717) is 5.69 Å². The minimum absolute atomic E-state index is 0.0434. The summed E-state index contributed by atoms with van der Waals surface area (Å²) >= 11 is 1.31. The third-order valence-electron chi connectivity index (χ3n) is 4.54.